The van der Waals surface area contributed by atoms with Crippen LogP contribution in [0.2, 0.25) is 0 Å². The molecule has 18 heavy (non-hydrogen) atoms. The number of ether oxygens (including phenoxy) is 1. The average Bonchev–Trinajstić information content (AvgIpc) is 2.32. The monoisotopic (exact) mass is 246 g/mol. The number of nitrogens with zero attached hydrogens (tertiary/aromatic N) is 1. The van der Waals surface area contributed by atoms with Crippen LogP contribution in [0.4, 0.5) is 5.69 Å². The molecular formula is C14H18N2O2. The maximum Gasteiger partial charge on any atom is 0.264 e. The predicted octanol–water partition coefficient (Wildman–Crippen LogP) is 1.68. The summed E-state index contributed by atoms with van der Waals surface area (Å²) >= 11 is 0. The number of carbonyl (C=O) groups excluding carboxylic acids is 1. The second-order valence-electron chi connectivity index (χ2n) is 5.05. The summed E-state index contributed by atoms with van der Waals surface area (Å²) in [5, 5.41) is 3.52. The molecule has 4 nitrogen and oxygen atoms in total. The van der Waals surface area contributed by atoms with Gasteiger partial charge in [-0.15, -0.1) is 0 Å². The van der Waals surface area contributed by atoms with E-state index in [0.29, 0.717) is 6.04 Å². The largest absolute Gasteiger partial charge is 0.482 e. The standard InChI is InChI=1S/C14H18N2O2/c1-16-12-7-10(8-15-11-3-2-4-11)5-6-13(12)18-9-14(16)17/h5-7,11,15H,2-4,8-9H2,1H3. The molecule has 1 aromatic carbocycles. The minimum absolute atomic E-state index is 0.00611. The summed E-state index contributed by atoms with van der Waals surface area (Å²) in [5.41, 5.74) is 2.07. The van der Waals surface area contributed by atoms with Crippen molar-refractivity contribution >= 4 is 11.6 Å². The second kappa shape index (κ2) is 4.61. The van der Waals surface area contributed by atoms with E-state index in [-0.39, 0.29) is 12.5 Å². The normalized spacial score (nSPS) is 19.2. The number of amides is 1. The fourth-order valence-electron chi connectivity index (χ4n) is 2.30. The molecule has 1 heterocycles. The van der Waals surface area contributed by atoms with Crippen LogP contribution in [0.5, 0.6) is 5.75 Å². The first-order valence-corrected chi connectivity index (χ1v) is 6.50. The molecule has 0 bridgehead atoms. The van der Waals surface area contributed by atoms with Gasteiger partial charge < -0.3 is 15.0 Å². The highest BCUT2D eigenvalue weighted by atomic mass is 16.5. The molecule has 0 aromatic heterocycles. The van der Waals surface area contributed by atoms with Gasteiger partial charge in [-0.1, -0.05) is 12.5 Å². The third-order valence-corrected chi connectivity index (χ3v) is 3.81. The lowest BCUT2D eigenvalue weighted by Crippen LogP contribution is -2.36. The molecule has 4 heteroatoms. The van der Waals surface area contributed by atoms with Gasteiger partial charge in [-0.25, -0.2) is 0 Å². The third-order valence-electron chi connectivity index (χ3n) is 3.81. The Morgan fingerprint density at radius 2 is 2.28 bits per heavy atom. The van der Waals surface area contributed by atoms with E-state index in [1.54, 1.807) is 11.9 Å². The van der Waals surface area contributed by atoms with Crippen molar-refractivity contribution in [1.29, 1.82) is 0 Å². The molecule has 0 saturated heterocycles. The number of fused-ring (bicyclic) bond motifs is 1. The molecule has 1 aliphatic heterocycles. The summed E-state index contributed by atoms with van der Waals surface area (Å²) in [7, 11) is 1.80. The first kappa shape index (κ1) is 11.5. The highest BCUT2D eigenvalue weighted by Gasteiger charge is 2.22. The molecule has 1 saturated carbocycles. The molecule has 96 valence electrons. The Morgan fingerprint density at radius 1 is 1.44 bits per heavy atom. The van der Waals surface area contributed by atoms with Crippen LogP contribution in [0.15, 0.2) is 18.2 Å². The average molecular weight is 246 g/mol. The van der Waals surface area contributed by atoms with Crippen molar-refractivity contribution in [3.63, 3.8) is 0 Å². The molecular weight excluding hydrogens is 228 g/mol. The Morgan fingerprint density at radius 3 is 3.00 bits per heavy atom. The molecule has 3 rings (SSSR count). The van der Waals surface area contributed by atoms with E-state index in [0.717, 1.165) is 18.0 Å². The van der Waals surface area contributed by atoms with Crippen molar-refractivity contribution in [2.45, 2.75) is 31.8 Å². The fourth-order valence-corrected chi connectivity index (χ4v) is 2.30. The van der Waals surface area contributed by atoms with Crippen molar-refractivity contribution < 1.29 is 9.53 Å². The molecule has 1 N–H and O–H groups in total. The number of hydrogen-bond donors (Lipinski definition) is 1. The van der Waals surface area contributed by atoms with Crippen LogP contribution in [0.25, 0.3) is 0 Å². The zero-order chi connectivity index (χ0) is 12.5. The predicted molar refractivity (Wildman–Crippen MR) is 69.8 cm³/mol. The maximum absolute atomic E-state index is 11.6. The number of anilines is 1. The summed E-state index contributed by atoms with van der Waals surface area (Å²) in [6, 6.07) is 6.74. The van der Waals surface area contributed by atoms with Gasteiger partial charge >= 0.3 is 0 Å². The van der Waals surface area contributed by atoms with Gasteiger partial charge in [-0.05, 0) is 30.5 Å². The summed E-state index contributed by atoms with van der Waals surface area (Å²) in [6.45, 7) is 1.00. The molecule has 1 aliphatic carbocycles. The van der Waals surface area contributed by atoms with Crippen LogP contribution in [-0.4, -0.2) is 25.6 Å². The first-order chi connectivity index (χ1) is 8.74. The molecule has 0 radical (unpaired) electrons. The van der Waals surface area contributed by atoms with Crippen LogP contribution < -0.4 is 15.0 Å². The topological polar surface area (TPSA) is 41.6 Å². The lowest BCUT2D eigenvalue weighted by molar-refractivity contribution is -0.120. The van der Waals surface area contributed by atoms with Gasteiger partial charge in [0.15, 0.2) is 6.61 Å². The highest BCUT2D eigenvalue weighted by molar-refractivity contribution is 5.97. The Labute approximate surface area is 107 Å². The first-order valence-electron chi connectivity index (χ1n) is 6.50. The van der Waals surface area contributed by atoms with E-state index in [4.69, 9.17) is 4.74 Å². The number of benzene rings is 1. The van der Waals surface area contributed by atoms with E-state index in [2.05, 4.69) is 11.4 Å². The number of carbonyl (C=O) groups is 1. The van der Waals surface area contributed by atoms with Crippen molar-refractivity contribution in [3.8, 4) is 5.75 Å². The molecule has 1 aromatic rings. The van der Waals surface area contributed by atoms with Crippen molar-refractivity contribution in [2.24, 2.45) is 0 Å². The van der Waals surface area contributed by atoms with E-state index >= 15 is 0 Å². The molecule has 0 spiro atoms. The minimum atomic E-state index is 0.00611. The molecule has 0 atom stereocenters. The molecule has 1 fully saturated rings. The summed E-state index contributed by atoms with van der Waals surface area (Å²) < 4.78 is 5.41. The van der Waals surface area contributed by atoms with Gasteiger partial charge in [0.05, 0.1) is 5.69 Å². The zero-order valence-corrected chi connectivity index (χ0v) is 10.6. The SMILES string of the molecule is CN1C(=O)COc2ccc(CNC3CCC3)cc21. The summed E-state index contributed by atoms with van der Waals surface area (Å²) in [5.74, 6) is 0.802. The second-order valence-corrected chi connectivity index (χ2v) is 5.05. The Bertz CT molecular complexity index is 469. The smallest absolute Gasteiger partial charge is 0.264 e. The summed E-state index contributed by atoms with van der Waals surface area (Å²) in [6.07, 6.45) is 3.91. The van der Waals surface area contributed by atoms with Gasteiger partial charge in [0.2, 0.25) is 0 Å². The number of nitrogens with one attached hydrogen (secondary N) is 1. The van der Waals surface area contributed by atoms with Gasteiger partial charge in [0.25, 0.3) is 5.91 Å². The van der Waals surface area contributed by atoms with Gasteiger partial charge in [-0.2, -0.15) is 0 Å². The summed E-state index contributed by atoms with van der Waals surface area (Å²) in [4.78, 5) is 13.2. The Balaban J connectivity index is 1.74. The molecule has 1 amide bonds. The van der Waals surface area contributed by atoms with Crippen molar-refractivity contribution in [2.75, 3.05) is 18.6 Å². The fraction of sp³-hybridized carbons (Fsp3) is 0.500. The number of hydrogen-bond acceptors (Lipinski definition) is 3. The van der Waals surface area contributed by atoms with Crippen molar-refractivity contribution in [1.82, 2.24) is 5.32 Å². The Hall–Kier alpha value is -1.55. The number of likely N-dealkylation sites (N-methyl/N-ethyl adjacent to an activating group) is 1. The van der Waals surface area contributed by atoms with E-state index in [1.165, 1.54) is 24.8 Å². The van der Waals surface area contributed by atoms with Crippen molar-refractivity contribution in [3.05, 3.63) is 23.8 Å². The maximum atomic E-state index is 11.6. The van der Waals surface area contributed by atoms with E-state index in [9.17, 15) is 4.79 Å². The van der Waals surface area contributed by atoms with Crippen LogP contribution in [0, 0.1) is 0 Å². The van der Waals surface area contributed by atoms with Crippen LogP contribution in [-0.2, 0) is 11.3 Å². The quantitative estimate of drug-likeness (QED) is 0.882. The van der Waals surface area contributed by atoms with Crippen LogP contribution >= 0.6 is 0 Å². The van der Waals surface area contributed by atoms with Gasteiger partial charge in [0.1, 0.15) is 5.75 Å². The van der Waals surface area contributed by atoms with Crippen LogP contribution in [0.1, 0.15) is 24.8 Å². The molecule has 0 unspecified atom stereocenters. The minimum Gasteiger partial charge on any atom is -0.482 e. The third kappa shape index (κ3) is 2.08. The van der Waals surface area contributed by atoms with E-state index in [1.807, 2.05) is 12.1 Å². The zero-order valence-electron chi connectivity index (χ0n) is 10.6. The highest BCUT2D eigenvalue weighted by Crippen LogP contribution is 2.32. The van der Waals surface area contributed by atoms with Crippen LogP contribution in [0.3, 0.4) is 0 Å². The lowest BCUT2D eigenvalue weighted by atomic mass is 9.93. The Kier molecular flexibility index (Phi) is 2.96. The van der Waals surface area contributed by atoms with E-state index < -0.39 is 0 Å². The number of rotatable bonds is 3. The van der Waals surface area contributed by atoms with Gasteiger partial charge in [-0.3, -0.25) is 4.79 Å². The van der Waals surface area contributed by atoms with Gasteiger partial charge in [0, 0.05) is 19.6 Å². The molecule has 2 aliphatic rings. The lowest BCUT2D eigenvalue weighted by Gasteiger charge is -2.28.